The van der Waals surface area contributed by atoms with Crippen molar-refractivity contribution in [2.45, 2.75) is 6.61 Å². The Balaban J connectivity index is 2.10. The topological polar surface area (TPSA) is 18.5 Å². The summed E-state index contributed by atoms with van der Waals surface area (Å²) in [5, 5.41) is 0.664. The first-order chi connectivity index (χ1) is 8.69. The van der Waals surface area contributed by atoms with Crippen molar-refractivity contribution in [1.29, 1.82) is 0 Å². The van der Waals surface area contributed by atoms with Crippen LogP contribution in [0.2, 0.25) is 5.02 Å². The van der Waals surface area contributed by atoms with Gasteiger partial charge in [0, 0.05) is 15.1 Å². The van der Waals surface area contributed by atoms with Crippen LogP contribution in [0.25, 0.3) is 0 Å². The molecule has 0 saturated heterocycles. The summed E-state index contributed by atoms with van der Waals surface area (Å²) in [6.45, 7) is 0.456. The Labute approximate surface area is 120 Å². The average Bonchev–Trinajstić information content (AvgIpc) is 2.38. The van der Waals surface area contributed by atoms with E-state index in [1.807, 2.05) is 36.4 Å². The minimum atomic E-state index is 0.456. The summed E-state index contributed by atoms with van der Waals surface area (Å²) in [7, 11) is 1.64. The molecule has 0 spiro atoms. The first-order valence-corrected chi connectivity index (χ1v) is 6.57. The molecule has 0 fully saturated rings. The maximum Gasteiger partial charge on any atom is 0.121 e. The molecule has 0 heterocycles. The highest BCUT2D eigenvalue weighted by molar-refractivity contribution is 9.10. The lowest BCUT2D eigenvalue weighted by molar-refractivity contribution is 0.304. The largest absolute Gasteiger partial charge is 0.497 e. The predicted octanol–water partition coefficient (Wildman–Crippen LogP) is 4.69. The van der Waals surface area contributed by atoms with E-state index in [0.29, 0.717) is 11.6 Å². The summed E-state index contributed by atoms with van der Waals surface area (Å²) in [6, 6.07) is 13.1. The van der Waals surface area contributed by atoms with Crippen molar-refractivity contribution >= 4 is 27.5 Å². The zero-order chi connectivity index (χ0) is 13.0. The first kappa shape index (κ1) is 13.2. The monoisotopic (exact) mass is 326 g/mol. The Morgan fingerprint density at radius 1 is 1.11 bits per heavy atom. The molecule has 0 aliphatic heterocycles. The van der Waals surface area contributed by atoms with Crippen molar-refractivity contribution < 1.29 is 9.47 Å². The van der Waals surface area contributed by atoms with Crippen LogP contribution in [-0.2, 0) is 6.61 Å². The Morgan fingerprint density at radius 2 is 1.94 bits per heavy atom. The van der Waals surface area contributed by atoms with Gasteiger partial charge < -0.3 is 9.47 Å². The van der Waals surface area contributed by atoms with Crippen molar-refractivity contribution in [2.24, 2.45) is 0 Å². The smallest absolute Gasteiger partial charge is 0.121 e. The molecule has 0 aliphatic rings. The van der Waals surface area contributed by atoms with E-state index in [-0.39, 0.29) is 0 Å². The van der Waals surface area contributed by atoms with Crippen molar-refractivity contribution in [3.63, 3.8) is 0 Å². The normalized spacial score (nSPS) is 10.2. The molecule has 94 valence electrons. The van der Waals surface area contributed by atoms with E-state index in [1.165, 1.54) is 0 Å². The molecular weight excluding hydrogens is 316 g/mol. The highest BCUT2D eigenvalue weighted by Crippen LogP contribution is 2.24. The van der Waals surface area contributed by atoms with E-state index >= 15 is 0 Å². The Kier molecular flexibility index (Phi) is 4.50. The molecule has 4 heteroatoms. The summed E-state index contributed by atoms with van der Waals surface area (Å²) >= 11 is 9.38. The number of rotatable bonds is 4. The van der Waals surface area contributed by atoms with Gasteiger partial charge in [0.05, 0.1) is 7.11 Å². The van der Waals surface area contributed by atoms with E-state index in [0.717, 1.165) is 21.5 Å². The molecule has 0 amide bonds. The maximum absolute atomic E-state index is 5.90. The molecule has 2 nitrogen and oxygen atoms in total. The number of methoxy groups -OCH3 is 1. The molecule has 0 radical (unpaired) electrons. The van der Waals surface area contributed by atoms with Gasteiger partial charge in [-0.05, 0) is 36.4 Å². The summed E-state index contributed by atoms with van der Waals surface area (Å²) in [6.07, 6.45) is 0. The second-order valence-corrected chi connectivity index (χ2v) is 4.99. The van der Waals surface area contributed by atoms with Gasteiger partial charge in [0.2, 0.25) is 0 Å². The van der Waals surface area contributed by atoms with Crippen molar-refractivity contribution in [1.82, 2.24) is 0 Å². The fourth-order valence-electron chi connectivity index (χ4n) is 1.51. The molecule has 2 aromatic carbocycles. The summed E-state index contributed by atoms with van der Waals surface area (Å²) in [5.74, 6) is 1.56. The molecular formula is C14H12BrClO2. The van der Waals surface area contributed by atoms with Crippen LogP contribution in [-0.4, -0.2) is 7.11 Å². The van der Waals surface area contributed by atoms with Gasteiger partial charge in [0.1, 0.15) is 18.1 Å². The Bertz CT molecular complexity index is 543. The van der Waals surface area contributed by atoms with E-state index < -0.39 is 0 Å². The van der Waals surface area contributed by atoms with Gasteiger partial charge in [0.15, 0.2) is 0 Å². The quantitative estimate of drug-likeness (QED) is 0.811. The maximum atomic E-state index is 5.90. The third-order valence-corrected chi connectivity index (χ3v) is 3.45. The van der Waals surface area contributed by atoms with Crippen LogP contribution in [0.5, 0.6) is 11.5 Å². The SMILES string of the molecule is COc1ccc(Br)c(COc2cccc(Cl)c2)c1. The second-order valence-electron chi connectivity index (χ2n) is 3.70. The minimum absolute atomic E-state index is 0.456. The van der Waals surface area contributed by atoms with Gasteiger partial charge in [0.25, 0.3) is 0 Å². The molecule has 0 atom stereocenters. The molecule has 18 heavy (non-hydrogen) atoms. The lowest BCUT2D eigenvalue weighted by Gasteiger charge is -2.09. The highest BCUT2D eigenvalue weighted by Gasteiger charge is 2.03. The average molecular weight is 328 g/mol. The molecule has 0 saturated carbocycles. The third-order valence-electron chi connectivity index (χ3n) is 2.44. The molecule has 0 aromatic heterocycles. The van der Waals surface area contributed by atoms with Crippen LogP contribution < -0.4 is 9.47 Å². The molecule has 0 aliphatic carbocycles. The molecule has 2 rings (SSSR count). The zero-order valence-corrected chi connectivity index (χ0v) is 12.2. The van der Waals surface area contributed by atoms with Gasteiger partial charge in [-0.25, -0.2) is 0 Å². The van der Waals surface area contributed by atoms with Crippen molar-refractivity contribution in [3.05, 3.63) is 57.5 Å². The second kappa shape index (κ2) is 6.12. The summed E-state index contributed by atoms with van der Waals surface area (Å²) in [5.41, 5.74) is 1.02. The van der Waals surface area contributed by atoms with Crippen LogP contribution in [0.1, 0.15) is 5.56 Å². The number of ether oxygens (including phenoxy) is 2. The van der Waals surface area contributed by atoms with E-state index in [9.17, 15) is 0 Å². The van der Waals surface area contributed by atoms with Crippen molar-refractivity contribution in [2.75, 3.05) is 7.11 Å². The standard InChI is InChI=1S/C14H12BrClO2/c1-17-12-5-6-14(15)10(7-12)9-18-13-4-2-3-11(16)8-13/h2-8H,9H2,1H3. The highest BCUT2D eigenvalue weighted by atomic mass is 79.9. The molecule has 0 bridgehead atoms. The van der Waals surface area contributed by atoms with Gasteiger partial charge in [-0.1, -0.05) is 33.6 Å². The van der Waals surface area contributed by atoms with Crippen LogP contribution in [0, 0.1) is 0 Å². The third kappa shape index (κ3) is 3.40. The van der Waals surface area contributed by atoms with E-state index in [1.54, 1.807) is 13.2 Å². The van der Waals surface area contributed by atoms with Crippen LogP contribution in [0.3, 0.4) is 0 Å². The fraction of sp³-hybridized carbons (Fsp3) is 0.143. The van der Waals surface area contributed by atoms with Crippen molar-refractivity contribution in [3.8, 4) is 11.5 Å². The molecule has 0 unspecified atom stereocenters. The van der Waals surface area contributed by atoms with Gasteiger partial charge in [-0.2, -0.15) is 0 Å². The van der Waals surface area contributed by atoms with E-state index in [4.69, 9.17) is 21.1 Å². The van der Waals surface area contributed by atoms with Crippen LogP contribution in [0.4, 0.5) is 0 Å². The van der Waals surface area contributed by atoms with Gasteiger partial charge in [-0.15, -0.1) is 0 Å². The zero-order valence-electron chi connectivity index (χ0n) is 9.82. The van der Waals surface area contributed by atoms with Gasteiger partial charge >= 0.3 is 0 Å². The fourth-order valence-corrected chi connectivity index (χ4v) is 2.05. The lowest BCUT2D eigenvalue weighted by Crippen LogP contribution is -1.97. The van der Waals surface area contributed by atoms with Gasteiger partial charge in [-0.3, -0.25) is 0 Å². The number of halogens is 2. The van der Waals surface area contributed by atoms with Crippen LogP contribution in [0.15, 0.2) is 46.9 Å². The summed E-state index contributed by atoms with van der Waals surface area (Å²) < 4.78 is 11.9. The number of hydrogen-bond acceptors (Lipinski definition) is 2. The first-order valence-electron chi connectivity index (χ1n) is 5.40. The van der Waals surface area contributed by atoms with Crippen LogP contribution >= 0.6 is 27.5 Å². The van der Waals surface area contributed by atoms with E-state index in [2.05, 4.69) is 15.9 Å². The molecule has 0 N–H and O–H groups in total. The molecule has 2 aromatic rings. The minimum Gasteiger partial charge on any atom is -0.497 e. The number of hydrogen-bond donors (Lipinski definition) is 0. The Hall–Kier alpha value is -1.19. The lowest BCUT2D eigenvalue weighted by atomic mass is 10.2. The predicted molar refractivity (Wildman–Crippen MR) is 76.5 cm³/mol. The summed E-state index contributed by atoms with van der Waals surface area (Å²) in [4.78, 5) is 0. The Morgan fingerprint density at radius 3 is 2.67 bits per heavy atom. The number of benzene rings is 2.